The molecule has 0 saturated heterocycles. The van der Waals surface area contributed by atoms with Gasteiger partial charge >= 0.3 is 5.97 Å². The number of benzene rings is 2. The van der Waals surface area contributed by atoms with Crippen LogP contribution in [0.4, 0.5) is 0 Å². The molecule has 2 aromatic heterocycles. The van der Waals surface area contributed by atoms with Crippen molar-refractivity contribution < 1.29 is 18.3 Å². The van der Waals surface area contributed by atoms with E-state index in [1.54, 1.807) is 19.2 Å². The minimum Gasteiger partial charge on any atom is -0.480 e. The predicted octanol–water partition coefficient (Wildman–Crippen LogP) is 4.16. The maximum atomic E-state index is 13.0. The van der Waals surface area contributed by atoms with Crippen LogP contribution < -0.4 is 4.72 Å². The SMILES string of the molecule is C[C@@H](c1c[nH]c2ccccc12)[C@@H](NS(=O)(=O)c1ccc(C#Cc2ccccc2)s1)C(=O)O. The number of para-hydroxylation sites is 1. The highest BCUT2D eigenvalue weighted by molar-refractivity contribution is 7.91. The number of H-pyrrole nitrogens is 1. The van der Waals surface area contributed by atoms with Crippen molar-refractivity contribution in [2.45, 2.75) is 23.1 Å². The van der Waals surface area contributed by atoms with Crippen LogP contribution in [0, 0.1) is 11.8 Å². The topological polar surface area (TPSA) is 99.3 Å². The van der Waals surface area contributed by atoms with Crippen LogP contribution in [0.2, 0.25) is 0 Å². The molecule has 6 nitrogen and oxygen atoms in total. The smallest absolute Gasteiger partial charge is 0.322 e. The Kier molecular flexibility index (Phi) is 6.15. The number of aromatic amines is 1. The van der Waals surface area contributed by atoms with Crippen LogP contribution in [0.15, 0.2) is 77.1 Å². The minimum atomic E-state index is -4.05. The molecular weight excluding hydrogens is 444 g/mol. The number of hydrogen-bond donors (Lipinski definition) is 3. The highest BCUT2D eigenvalue weighted by Gasteiger charge is 2.33. The third-order valence-corrected chi connectivity index (χ3v) is 8.04. The van der Waals surface area contributed by atoms with Crippen LogP contribution in [0.3, 0.4) is 0 Å². The molecule has 4 aromatic rings. The molecule has 0 unspecified atom stereocenters. The fourth-order valence-corrected chi connectivity index (χ4v) is 5.87. The number of thiophene rings is 1. The second-order valence-electron chi connectivity index (χ2n) is 7.25. The number of sulfonamides is 1. The van der Waals surface area contributed by atoms with E-state index >= 15 is 0 Å². The van der Waals surface area contributed by atoms with E-state index in [4.69, 9.17) is 0 Å². The number of hydrogen-bond acceptors (Lipinski definition) is 4. The molecule has 3 N–H and O–H groups in total. The number of carboxylic acid groups (broad SMARTS) is 1. The molecule has 0 bridgehead atoms. The Morgan fingerprint density at radius 2 is 1.75 bits per heavy atom. The molecule has 162 valence electrons. The normalized spacial score (nSPS) is 13.3. The monoisotopic (exact) mass is 464 g/mol. The first-order valence-corrected chi connectivity index (χ1v) is 12.1. The first-order valence-electron chi connectivity index (χ1n) is 9.83. The number of carbonyl (C=O) groups is 1. The van der Waals surface area contributed by atoms with Crippen LogP contribution in [-0.2, 0) is 14.8 Å². The summed E-state index contributed by atoms with van der Waals surface area (Å²) in [6.45, 7) is 1.70. The Labute approximate surface area is 190 Å². The summed E-state index contributed by atoms with van der Waals surface area (Å²) in [5.41, 5.74) is 2.42. The molecule has 0 aliphatic carbocycles. The fourth-order valence-electron chi connectivity index (χ4n) is 3.43. The minimum absolute atomic E-state index is 0.0206. The summed E-state index contributed by atoms with van der Waals surface area (Å²) in [7, 11) is -4.05. The van der Waals surface area contributed by atoms with Crippen molar-refractivity contribution in [2.24, 2.45) is 0 Å². The summed E-state index contributed by atoms with van der Waals surface area (Å²) in [6, 6.07) is 18.6. The van der Waals surface area contributed by atoms with Gasteiger partial charge in [-0.15, -0.1) is 11.3 Å². The van der Waals surface area contributed by atoms with Crippen molar-refractivity contribution in [3.63, 3.8) is 0 Å². The number of aromatic nitrogens is 1. The molecule has 0 aliphatic heterocycles. The van der Waals surface area contributed by atoms with Gasteiger partial charge in [0.1, 0.15) is 10.3 Å². The van der Waals surface area contributed by atoms with Crippen molar-refractivity contribution in [1.82, 2.24) is 9.71 Å². The summed E-state index contributed by atoms with van der Waals surface area (Å²) in [4.78, 5) is 15.7. The zero-order valence-electron chi connectivity index (χ0n) is 17.1. The lowest BCUT2D eigenvalue weighted by atomic mass is 9.93. The first-order chi connectivity index (χ1) is 15.3. The van der Waals surface area contributed by atoms with Crippen LogP contribution >= 0.6 is 11.3 Å². The molecule has 0 spiro atoms. The van der Waals surface area contributed by atoms with Crippen LogP contribution in [0.5, 0.6) is 0 Å². The third kappa shape index (κ3) is 4.60. The molecular formula is C24H20N2O4S2. The van der Waals surface area contributed by atoms with Gasteiger partial charge in [-0.1, -0.05) is 55.2 Å². The Bertz CT molecular complexity index is 1430. The molecule has 2 aromatic carbocycles. The average molecular weight is 465 g/mol. The molecule has 0 saturated carbocycles. The summed E-state index contributed by atoms with van der Waals surface area (Å²) < 4.78 is 28.3. The van der Waals surface area contributed by atoms with Crippen LogP contribution in [-0.4, -0.2) is 30.5 Å². The maximum absolute atomic E-state index is 13.0. The molecule has 32 heavy (non-hydrogen) atoms. The number of aliphatic carboxylic acids is 1. The Balaban J connectivity index is 1.58. The molecule has 2 atom stereocenters. The average Bonchev–Trinajstić information content (AvgIpc) is 3.44. The van der Waals surface area contributed by atoms with Crippen molar-refractivity contribution >= 4 is 38.2 Å². The molecule has 0 aliphatic rings. The maximum Gasteiger partial charge on any atom is 0.322 e. The van der Waals surface area contributed by atoms with E-state index in [2.05, 4.69) is 21.5 Å². The summed E-state index contributed by atoms with van der Waals surface area (Å²) in [5, 5.41) is 10.6. The van der Waals surface area contributed by atoms with Crippen molar-refractivity contribution in [2.75, 3.05) is 0 Å². The lowest BCUT2D eigenvalue weighted by Crippen LogP contribution is -2.43. The summed E-state index contributed by atoms with van der Waals surface area (Å²) in [5.74, 6) is 4.09. The van der Waals surface area contributed by atoms with Gasteiger partial charge in [-0.3, -0.25) is 4.79 Å². The van der Waals surface area contributed by atoms with Crippen LogP contribution in [0.25, 0.3) is 10.9 Å². The molecule has 8 heteroatoms. The van der Waals surface area contributed by atoms with Gasteiger partial charge in [-0.25, -0.2) is 8.42 Å². The molecule has 0 fully saturated rings. The largest absolute Gasteiger partial charge is 0.480 e. The van der Waals surface area contributed by atoms with Gasteiger partial charge in [0, 0.05) is 28.6 Å². The molecule has 4 rings (SSSR count). The van der Waals surface area contributed by atoms with Gasteiger partial charge in [-0.2, -0.15) is 4.72 Å². The zero-order chi connectivity index (χ0) is 22.7. The van der Waals surface area contributed by atoms with Gasteiger partial charge in [0.25, 0.3) is 10.0 Å². The van der Waals surface area contributed by atoms with Gasteiger partial charge in [0.2, 0.25) is 0 Å². The van der Waals surface area contributed by atoms with E-state index in [1.807, 2.05) is 54.6 Å². The van der Waals surface area contributed by atoms with Gasteiger partial charge in [-0.05, 0) is 35.9 Å². The highest BCUT2D eigenvalue weighted by atomic mass is 32.2. The second-order valence-corrected chi connectivity index (χ2v) is 10.3. The van der Waals surface area contributed by atoms with Gasteiger partial charge in [0.05, 0.1) is 4.88 Å². The first kappa shape index (κ1) is 21.8. The van der Waals surface area contributed by atoms with Crippen molar-refractivity contribution in [1.29, 1.82) is 0 Å². The lowest BCUT2D eigenvalue weighted by Gasteiger charge is -2.21. The zero-order valence-corrected chi connectivity index (χ0v) is 18.7. The van der Waals surface area contributed by atoms with E-state index < -0.39 is 28.0 Å². The van der Waals surface area contributed by atoms with E-state index in [0.717, 1.165) is 33.4 Å². The summed E-state index contributed by atoms with van der Waals surface area (Å²) in [6.07, 6.45) is 1.72. The van der Waals surface area contributed by atoms with Crippen molar-refractivity contribution in [3.05, 3.63) is 88.9 Å². The predicted molar refractivity (Wildman–Crippen MR) is 125 cm³/mol. The molecule has 0 amide bonds. The Morgan fingerprint density at radius 3 is 2.50 bits per heavy atom. The van der Waals surface area contributed by atoms with Crippen LogP contribution in [0.1, 0.15) is 28.8 Å². The number of carboxylic acids is 1. The Hall–Kier alpha value is -3.38. The highest BCUT2D eigenvalue weighted by Crippen LogP contribution is 2.29. The standard InChI is InChI=1S/C24H20N2O4S2/c1-16(20-15-25-21-10-6-5-9-19(20)21)23(24(27)28)26-32(29,30)22-14-13-18(31-22)12-11-17-7-3-2-4-8-17/h2-10,13-16,23,25-26H,1H3,(H,27,28)/t16-,23+/m0/s1. The van der Waals surface area contributed by atoms with Crippen molar-refractivity contribution in [3.8, 4) is 11.8 Å². The molecule has 2 heterocycles. The van der Waals surface area contributed by atoms with E-state index in [-0.39, 0.29) is 4.21 Å². The van der Waals surface area contributed by atoms with E-state index in [9.17, 15) is 18.3 Å². The van der Waals surface area contributed by atoms with E-state index in [1.165, 1.54) is 6.07 Å². The van der Waals surface area contributed by atoms with Gasteiger partial charge < -0.3 is 10.1 Å². The quantitative estimate of drug-likeness (QED) is 0.373. The van der Waals surface area contributed by atoms with E-state index in [0.29, 0.717) is 4.88 Å². The fraction of sp³-hybridized carbons (Fsp3) is 0.125. The number of fused-ring (bicyclic) bond motifs is 1. The third-order valence-electron chi connectivity index (χ3n) is 5.11. The Morgan fingerprint density at radius 1 is 1.03 bits per heavy atom. The molecule has 0 radical (unpaired) electrons. The summed E-state index contributed by atoms with van der Waals surface area (Å²) >= 11 is 1.00. The lowest BCUT2D eigenvalue weighted by molar-refractivity contribution is -0.139. The number of nitrogens with one attached hydrogen (secondary N) is 2. The van der Waals surface area contributed by atoms with Gasteiger partial charge in [0.15, 0.2) is 0 Å². The number of rotatable bonds is 6. The second kappa shape index (κ2) is 9.01.